The van der Waals surface area contributed by atoms with Crippen LogP contribution in [0.15, 0.2) is 28.0 Å². The van der Waals surface area contributed by atoms with E-state index in [1.807, 2.05) is 0 Å². The van der Waals surface area contributed by atoms with Gasteiger partial charge in [0.25, 0.3) is 0 Å². The first-order chi connectivity index (χ1) is 9.14. The Bertz CT molecular complexity index is 728. The van der Waals surface area contributed by atoms with Crippen LogP contribution in [0.5, 0.6) is 0 Å². The van der Waals surface area contributed by atoms with Gasteiger partial charge in [-0.25, -0.2) is 21.2 Å². The largest absolute Gasteiger partial charge is 0.246 e. The third-order valence-electron chi connectivity index (χ3n) is 3.41. The molecule has 1 atom stereocenters. The van der Waals surface area contributed by atoms with E-state index in [1.54, 1.807) is 6.92 Å². The number of hydrogen-bond acceptors (Lipinski definition) is 4. The molecule has 0 bridgehead atoms. The maximum atomic E-state index is 13.8. The van der Waals surface area contributed by atoms with E-state index in [-0.39, 0.29) is 10.9 Å². The van der Waals surface area contributed by atoms with Gasteiger partial charge >= 0.3 is 0 Å². The van der Waals surface area contributed by atoms with Crippen LogP contribution in [0.1, 0.15) is 19.8 Å². The normalized spacial score (nSPS) is 21.2. The summed E-state index contributed by atoms with van der Waals surface area (Å²) in [5.41, 5.74) is 0. The third kappa shape index (κ3) is 2.72. The molecule has 0 saturated carbocycles. The standard InChI is InChI=1S/C12H16FNO4S2/c1-9-4-3-7-14(9)20(17,18)12-8-10(19(2,15)16)5-6-11(12)13/h5-6,8-9H,3-4,7H2,1-2H3. The van der Waals surface area contributed by atoms with Gasteiger partial charge in [-0.1, -0.05) is 0 Å². The van der Waals surface area contributed by atoms with E-state index >= 15 is 0 Å². The maximum absolute atomic E-state index is 13.8. The lowest BCUT2D eigenvalue weighted by Crippen LogP contribution is -2.34. The average Bonchev–Trinajstić information content (AvgIpc) is 2.75. The van der Waals surface area contributed by atoms with Crippen LogP contribution < -0.4 is 0 Å². The van der Waals surface area contributed by atoms with Crippen LogP contribution >= 0.6 is 0 Å². The Hall–Kier alpha value is -0.990. The van der Waals surface area contributed by atoms with Crippen molar-refractivity contribution >= 4 is 19.9 Å². The molecule has 5 nitrogen and oxygen atoms in total. The fraction of sp³-hybridized carbons (Fsp3) is 0.500. The minimum atomic E-state index is -4.01. The lowest BCUT2D eigenvalue weighted by atomic mass is 10.3. The summed E-state index contributed by atoms with van der Waals surface area (Å²) < 4.78 is 62.9. The molecule has 0 radical (unpaired) electrons. The van der Waals surface area contributed by atoms with E-state index in [0.29, 0.717) is 19.4 Å². The first kappa shape index (κ1) is 15.4. The molecule has 1 saturated heterocycles. The van der Waals surface area contributed by atoms with Crippen LogP contribution in [0.25, 0.3) is 0 Å². The highest BCUT2D eigenvalue weighted by atomic mass is 32.2. The van der Waals surface area contributed by atoms with Crippen molar-refractivity contribution < 1.29 is 21.2 Å². The van der Waals surface area contributed by atoms with Gasteiger partial charge in [0.1, 0.15) is 10.7 Å². The predicted molar refractivity (Wildman–Crippen MR) is 72.1 cm³/mol. The Balaban J connectivity index is 2.57. The molecule has 0 amide bonds. The monoisotopic (exact) mass is 321 g/mol. The minimum Gasteiger partial charge on any atom is -0.224 e. The number of sulfonamides is 1. The Morgan fingerprint density at radius 3 is 2.40 bits per heavy atom. The van der Waals surface area contributed by atoms with Gasteiger partial charge in [-0.3, -0.25) is 0 Å². The van der Waals surface area contributed by atoms with E-state index in [9.17, 15) is 21.2 Å². The zero-order valence-electron chi connectivity index (χ0n) is 11.2. The van der Waals surface area contributed by atoms with Crippen molar-refractivity contribution in [2.24, 2.45) is 0 Å². The first-order valence-corrected chi connectivity index (χ1v) is 9.48. The van der Waals surface area contributed by atoms with Crippen molar-refractivity contribution in [1.29, 1.82) is 0 Å². The fourth-order valence-electron chi connectivity index (χ4n) is 2.30. The van der Waals surface area contributed by atoms with E-state index in [1.165, 1.54) is 4.31 Å². The van der Waals surface area contributed by atoms with Crippen LogP contribution in [0.3, 0.4) is 0 Å². The van der Waals surface area contributed by atoms with Crippen molar-refractivity contribution in [3.8, 4) is 0 Å². The van der Waals surface area contributed by atoms with Crippen LogP contribution in [0.2, 0.25) is 0 Å². The Morgan fingerprint density at radius 1 is 1.25 bits per heavy atom. The summed E-state index contributed by atoms with van der Waals surface area (Å²) >= 11 is 0. The lowest BCUT2D eigenvalue weighted by molar-refractivity contribution is 0.404. The molecule has 1 unspecified atom stereocenters. The molecule has 0 aromatic heterocycles. The summed E-state index contributed by atoms with van der Waals surface area (Å²) in [6.07, 6.45) is 2.38. The van der Waals surface area contributed by atoms with Gasteiger partial charge in [0.05, 0.1) is 4.90 Å². The van der Waals surface area contributed by atoms with Gasteiger partial charge in [0.15, 0.2) is 9.84 Å². The van der Waals surface area contributed by atoms with Gasteiger partial charge in [0, 0.05) is 18.8 Å². The molecule has 0 spiro atoms. The first-order valence-electron chi connectivity index (χ1n) is 6.15. The second-order valence-electron chi connectivity index (χ2n) is 4.97. The number of rotatable bonds is 3. The van der Waals surface area contributed by atoms with Crippen LogP contribution in [-0.4, -0.2) is 40.0 Å². The number of benzene rings is 1. The van der Waals surface area contributed by atoms with Gasteiger partial charge in [0.2, 0.25) is 10.0 Å². The molecule has 1 fully saturated rings. The molecule has 8 heteroatoms. The van der Waals surface area contributed by atoms with Crippen LogP contribution in [0.4, 0.5) is 4.39 Å². The van der Waals surface area contributed by atoms with E-state index in [4.69, 9.17) is 0 Å². The predicted octanol–water partition coefficient (Wildman–Crippen LogP) is 1.40. The molecule has 0 aliphatic carbocycles. The average molecular weight is 321 g/mol. The van der Waals surface area contributed by atoms with E-state index in [2.05, 4.69) is 0 Å². The van der Waals surface area contributed by atoms with Gasteiger partial charge in [-0.15, -0.1) is 0 Å². The number of nitrogens with zero attached hydrogens (tertiary/aromatic N) is 1. The van der Waals surface area contributed by atoms with E-state index in [0.717, 1.165) is 24.5 Å². The number of halogens is 1. The molecule has 1 heterocycles. The van der Waals surface area contributed by atoms with Crippen molar-refractivity contribution in [2.45, 2.75) is 35.6 Å². The zero-order valence-corrected chi connectivity index (χ0v) is 12.8. The zero-order chi connectivity index (χ0) is 15.1. The van der Waals surface area contributed by atoms with Gasteiger partial charge in [-0.05, 0) is 38.0 Å². The molecular weight excluding hydrogens is 305 g/mol. The van der Waals surface area contributed by atoms with Crippen LogP contribution in [-0.2, 0) is 19.9 Å². The number of hydrogen-bond donors (Lipinski definition) is 0. The van der Waals surface area contributed by atoms with Crippen LogP contribution in [0, 0.1) is 5.82 Å². The molecule has 2 rings (SSSR count). The maximum Gasteiger partial charge on any atom is 0.246 e. The van der Waals surface area contributed by atoms with Crippen molar-refractivity contribution in [3.05, 3.63) is 24.0 Å². The molecule has 1 aliphatic heterocycles. The Kier molecular flexibility index (Phi) is 3.92. The minimum absolute atomic E-state index is 0.204. The Labute approximate surface area is 118 Å². The highest BCUT2D eigenvalue weighted by Crippen LogP contribution is 2.28. The van der Waals surface area contributed by atoms with Gasteiger partial charge in [-0.2, -0.15) is 4.31 Å². The summed E-state index contributed by atoms with van der Waals surface area (Å²) in [5, 5.41) is 0. The van der Waals surface area contributed by atoms with Gasteiger partial charge < -0.3 is 0 Å². The molecule has 112 valence electrons. The molecule has 1 aromatic rings. The Morgan fingerprint density at radius 2 is 1.90 bits per heavy atom. The fourth-order valence-corrected chi connectivity index (χ4v) is 4.82. The lowest BCUT2D eigenvalue weighted by Gasteiger charge is -2.21. The number of sulfone groups is 1. The summed E-state index contributed by atoms with van der Waals surface area (Å²) in [6.45, 7) is 2.08. The summed E-state index contributed by atoms with van der Waals surface area (Å²) in [5.74, 6) is -0.934. The summed E-state index contributed by atoms with van der Waals surface area (Å²) in [6, 6.07) is 2.63. The highest BCUT2D eigenvalue weighted by molar-refractivity contribution is 7.91. The molecule has 20 heavy (non-hydrogen) atoms. The SMILES string of the molecule is CC1CCCN1S(=O)(=O)c1cc(S(C)(=O)=O)ccc1F. The molecule has 1 aromatic carbocycles. The summed E-state index contributed by atoms with van der Waals surface area (Å²) in [7, 11) is -7.60. The van der Waals surface area contributed by atoms with E-state index < -0.39 is 30.6 Å². The van der Waals surface area contributed by atoms with Crippen molar-refractivity contribution in [2.75, 3.05) is 12.8 Å². The molecular formula is C12H16FNO4S2. The smallest absolute Gasteiger partial charge is 0.224 e. The molecule has 0 N–H and O–H groups in total. The topological polar surface area (TPSA) is 71.5 Å². The van der Waals surface area contributed by atoms with Crippen molar-refractivity contribution in [3.63, 3.8) is 0 Å². The molecule has 1 aliphatic rings. The highest BCUT2D eigenvalue weighted by Gasteiger charge is 2.34. The third-order valence-corrected chi connectivity index (χ3v) is 6.55. The second-order valence-corrected chi connectivity index (χ2v) is 8.85. The second kappa shape index (κ2) is 5.09. The summed E-state index contributed by atoms with van der Waals surface area (Å²) in [4.78, 5) is -0.779. The quantitative estimate of drug-likeness (QED) is 0.789. The van der Waals surface area contributed by atoms with Crippen molar-refractivity contribution in [1.82, 2.24) is 4.31 Å².